The fourth-order valence-electron chi connectivity index (χ4n) is 2.78. The molecule has 0 heterocycles. The quantitative estimate of drug-likeness (QED) is 0.730. The Morgan fingerprint density at radius 2 is 2.00 bits per heavy atom. The first kappa shape index (κ1) is 13.5. The van der Waals surface area contributed by atoms with E-state index in [0.717, 1.165) is 24.9 Å². The molecule has 92 valence electrons. The van der Waals surface area contributed by atoms with Gasteiger partial charge >= 0.3 is 0 Å². The van der Waals surface area contributed by atoms with Crippen molar-refractivity contribution in [2.75, 3.05) is 13.1 Å². The normalized spacial score (nSPS) is 32.4. The molecule has 0 aromatic rings. The van der Waals surface area contributed by atoms with Gasteiger partial charge in [0.2, 0.25) is 0 Å². The largest absolute Gasteiger partial charge is 0.299 e. The topological polar surface area (TPSA) is 27.0 Å². The number of hydrogen-bond acceptors (Lipinski definition) is 2. The molecule has 1 rings (SSSR count). The summed E-state index contributed by atoms with van der Waals surface area (Å²) < 4.78 is 0. The van der Waals surface area contributed by atoms with Crippen molar-refractivity contribution in [1.82, 2.24) is 4.90 Å². The van der Waals surface area contributed by atoms with E-state index in [1.165, 1.54) is 19.3 Å². The molecule has 0 amide bonds. The first-order valence-corrected chi connectivity index (χ1v) is 6.72. The van der Waals surface area contributed by atoms with Crippen molar-refractivity contribution in [3.63, 3.8) is 0 Å². The number of rotatable bonds is 4. The molecule has 0 radical (unpaired) electrons. The zero-order valence-corrected chi connectivity index (χ0v) is 11.2. The molecular weight excluding hydrogens is 196 g/mol. The van der Waals surface area contributed by atoms with E-state index in [2.05, 4.69) is 31.7 Å². The Morgan fingerprint density at radius 3 is 2.50 bits per heavy atom. The van der Waals surface area contributed by atoms with Crippen molar-refractivity contribution < 1.29 is 0 Å². The SMILES string of the molecule is CCN(CC(C)C#N)C1CCC(C)C(C)C1. The molecule has 1 saturated carbocycles. The van der Waals surface area contributed by atoms with Gasteiger partial charge in [-0.15, -0.1) is 0 Å². The minimum Gasteiger partial charge on any atom is -0.299 e. The molecular formula is C14H26N2. The third kappa shape index (κ3) is 3.49. The average molecular weight is 222 g/mol. The second-order valence-corrected chi connectivity index (χ2v) is 5.54. The smallest absolute Gasteiger partial charge is 0.0666 e. The van der Waals surface area contributed by atoms with Gasteiger partial charge in [0.25, 0.3) is 0 Å². The summed E-state index contributed by atoms with van der Waals surface area (Å²) in [5.74, 6) is 1.88. The van der Waals surface area contributed by atoms with Crippen LogP contribution in [0.2, 0.25) is 0 Å². The van der Waals surface area contributed by atoms with E-state index in [-0.39, 0.29) is 5.92 Å². The predicted octanol–water partition coefficient (Wildman–Crippen LogP) is 3.29. The summed E-state index contributed by atoms with van der Waals surface area (Å²) in [6.07, 6.45) is 3.98. The fraction of sp³-hybridized carbons (Fsp3) is 0.929. The summed E-state index contributed by atoms with van der Waals surface area (Å²) in [6.45, 7) is 11.0. The van der Waals surface area contributed by atoms with Gasteiger partial charge in [-0.1, -0.05) is 20.8 Å². The van der Waals surface area contributed by atoms with Gasteiger partial charge in [0, 0.05) is 12.6 Å². The molecule has 1 aliphatic carbocycles. The zero-order valence-electron chi connectivity index (χ0n) is 11.2. The van der Waals surface area contributed by atoms with Gasteiger partial charge in [0.1, 0.15) is 0 Å². The van der Waals surface area contributed by atoms with Gasteiger partial charge in [-0.2, -0.15) is 5.26 Å². The van der Waals surface area contributed by atoms with Crippen molar-refractivity contribution in [3.05, 3.63) is 0 Å². The molecule has 1 fully saturated rings. The van der Waals surface area contributed by atoms with Gasteiger partial charge in [0.15, 0.2) is 0 Å². The molecule has 0 saturated heterocycles. The predicted molar refractivity (Wildman–Crippen MR) is 68.0 cm³/mol. The first-order valence-electron chi connectivity index (χ1n) is 6.72. The minimum absolute atomic E-state index is 0.162. The molecule has 4 unspecified atom stereocenters. The number of hydrogen-bond donors (Lipinski definition) is 0. The molecule has 0 spiro atoms. The molecule has 0 bridgehead atoms. The highest BCUT2D eigenvalue weighted by Gasteiger charge is 2.28. The molecule has 0 aromatic carbocycles. The minimum atomic E-state index is 0.162. The van der Waals surface area contributed by atoms with Crippen molar-refractivity contribution in [2.24, 2.45) is 17.8 Å². The zero-order chi connectivity index (χ0) is 12.1. The number of nitrogens with zero attached hydrogens (tertiary/aromatic N) is 2. The summed E-state index contributed by atoms with van der Waals surface area (Å²) in [5.41, 5.74) is 0. The van der Waals surface area contributed by atoms with Crippen LogP contribution in [0.15, 0.2) is 0 Å². The van der Waals surface area contributed by atoms with Crippen LogP contribution in [0.4, 0.5) is 0 Å². The van der Waals surface area contributed by atoms with E-state index >= 15 is 0 Å². The molecule has 1 aliphatic rings. The average Bonchev–Trinajstić information content (AvgIpc) is 2.29. The lowest BCUT2D eigenvalue weighted by Gasteiger charge is -2.39. The molecule has 2 heteroatoms. The van der Waals surface area contributed by atoms with Gasteiger partial charge in [-0.25, -0.2) is 0 Å². The number of nitriles is 1. The summed E-state index contributed by atoms with van der Waals surface area (Å²) in [6, 6.07) is 3.06. The highest BCUT2D eigenvalue weighted by molar-refractivity contribution is 4.86. The standard InChI is InChI=1S/C14H26N2/c1-5-16(10-11(2)9-15)14-7-6-12(3)13(4)8-14/h11-14H,5-8,10H2,1-4H3. The van der Waals surface area contributed by atoms with Gasteiger partial charge in [-0.05, 0) is 44.6 Å². The van der Waals surface area contributed by atoms with Crippen molar-refractivity contribution in [2.45, 2.75) is 53.0 Å². The van der Waals surface area contributed by atoms with E-state index in [1.54, 1.807) is 0 Å². The van der Waals surface area contributed by atoms with Gasteiger partial charge in [-0.3, -0.25) is 4.90 Å². The van der Waals surface area contributed by atoms with E-state index in [9.17, 15) is 0 Å². The van der Waals surface area contributed by atoms with E-state index < -0.39 is 0 Å². The monoisotopic (exact) mass is 222 g/mol. The Hall–Kier alpha value is -0.550. The summed E-state index contributed by atoms with van der Waals surface area (Å²) in [5, 5.41) is 8.89. The third-order valence-corrected chi connectivity index (χ3v) is 4.22. The molecule has 0 aromatic heterocycles. The third-order valence-electron chi connectivity index (χ3n) is 4.22. The summed E-state index contributed by atoms with van der Waals surface area (Å²) in [4.78, 5) is 2.51. The van der Waals surface area contributed by atoms with Crippen molar-refractivity contribution in [3.8, 4) is 6.07 Å². The Labute approximate surface area is 101 Å². The molecule has 16 heavy (non-hydrogen) atoms. The lowest BCUT2D eigenvalue weighted by Crippen LogP contribution is -2.42. The van der Waals surface area contributed by atoms with Crippen LogP contribution in [0.5, 0.6) is 0 Å². The van der Waals surface area contributed by atoms with E-state index in [1.807, 2.05) is 6.92 Å². The molecule has 0 N–H and O–H groups in total. The Bertz CT molecular complexity index is 244. The fourth-order valence-corrected chi connectivity index (χ4v) is 2.78. The molecule has 2 nitrogen and oxygen atoms in total. The maximum absolute atomic E-state index is 8.89. The lowest BCUT2D eigenvalue weighted by molar-refractivity contribution is 0.107. The Kier molecular flexibility index (Phi) is 5.28. The van der Waals surface area contributed by atoms with Crippen molar-refractivity contribution >= 4 is 0 Å². The molecule has 4 atom stereocenters. The summed E-state index contributed by atoms with van der Waals surface area (Å²) in [7, 11) is 0. The van der Waals surface area contributed by atoms with Crippen LogP contribution in [0.25, 0.3) is 0 Å². The second-order valence-electron chi connectivity index (χ2n) is 5.54. The Balaban J connectivity index is 2.51. The Morgan fingerprint density at radius 1 is 1.31 bits per heavy atom. The lowest BCUT2D eigenvalue weighted by atomic mass is 9.78. The highest BCUT2D eigenvalue weighted by atomic mass is 15.1. The van der Waals surface area contributed by atoms with Gasteiger partial charge in [0.05, 0.1) is 12.0 Å². The maximum atomic E-state index is 8.89. The van der Waals surface area contributed by atoms with Crippen LogP contribution >= 0.6 is 0 Å². The first-order chi connectivity index (χ1) is 7.58. The highest BCUT2D eigenvalue weighted by Crippen LogP contribution is 2.32. The van der Waals surface area contributed by atoms with Crippen LogP contribution in [-0.4, -0.2) is 24.0 Å². The summed E-state index contributed by atoms with van der Waals surface area (Å²) >= 11 is 0. The van der Waals surface area contributed by atoms with E-state index in [0.29, 0.717) is 6.04 Å². The van der Waals surface area contributed by atoms with Crippen LogP contribution in [-0.2, 0) is 0 Å². The second kappa shape index (κ2) is 6.25. The van der Waals surface area contributed by atoms with E-state index in [4.69, 9.17) is 5.26 Å². The van der Waals surface area contributed by atoms with Crippen LogP contribution in [0.1, 0.15) is 47.0 Å². The van der Waals surface area contributed by atoms with Crippen LogP contribution in [0.3, 0.4) is 0 Å². The maximum Gasteiger partial charge on any atom is 0.0666 e. The van der Waals surface area contributed by atoms with Gasteiger partial charge < -0.3 is 0 Å². The van der Waals surface area contributed by atoms with Crippen molar-refractivity contribution in [1.29, 1.82) is 5.26 Å². The molecule has 0 aliphatic heterocycles. The van der Waals surface area contributed by atoms with Crippen LogP contribution < -0.4 is 0 Å². The van der Waals surface area contributed by atoms with Crippen LogP contribution in [0, 0.1) is 29.1 Å².